The van der Waals surface area contributed by atoms with Crippen molar-refractivity contribution in [3.8, 4) is 0 Å². The normalized spacial score (nSPS) is 14.5. The van der Waals surface area contributed by atoms with E-state index in [0.29, 0.717) is 36.8 Å². The molecule has 0 radical (unpaired) electrons. The summed E-state index contributed by atoms with van der Waals surface area (Å²) in [5.41, 5.74) is 1.20. The van der Waals surface area contributed by atoms with E-state index < -0.39 is 0 Å². The number of morpholine rings is 1. The van der Waals surface area contributed by atoms with Crippen molar-refractivity contribution >= 4 is 23.1 Å². The Hall–Kier alpha value is -3.07. The van der Waals surface area contributed by atoms with Gasteiger partial charge in [-0.05, 0) is 36.4 Å². The molecule has 0 bridgehead atoms. The molecule has 0 atom stereocenters. The number of aryl methyl sites for hydroxylation is 1. The van der Waals surface area contributed by atoms with Crippen molar-refractivity contribution in [2.75, 3.05) is 36.5 Å². The first kappa shape index (κ1) is 17.3. The zero-order valence-electron chi connectivity index (χ0n) is 14.6. The molecule has 8 nitrogen and oxygen atoms in total. The molecule has 1 amide bonds. The molecule has 1 saturated heterocycles. The standard InChI is InChI=1S/C18H19FN6O2/c19-13-1-3-14(4-2-13)20-18(26)8-7-16-22-21-15-5-6-17(23-25(15)16)24-9-11-27-12-10-24/h1-6H,7-12H2,(H,20,26). The minimum atomic E-state index is -0.343. The van der Waals surface area contributed by atoms with Crippen LogP contribution in [0.2, 0.25) is 0 Å². The van der Waals surface area contributed by atoms with Crippen molar-refractivity contribution in [3.63, 3.8) is 0 Å². The predicted octanol–water partition coefficient (Wildman–Crippen LogP) is 1.67. The zero-order valence-corrected chi connectivity index (χ0v) is 14.6. The summed E-state index contributed by atoms with van der Waals surface area (Å²) in [5.74, 6) is 0.935. The first-order valence-corrected chi connectivity index (χ1v) is 8.78. The molecule has 0 unspecified atom stereocenters. The second-order valence-corrected chi connectivity index (χ2v) is 6.23. The van der Waals surface area contributed by atoms with E-state index in [-0.39, 0.29) is 18.1 Å². The molecule has 1 N–H and O–H groups in total. The second kappa shape index (κ2) is 7.67. The third-order valence-corrected chi connectivity index (χ3v) is 4.35. The lowest BCUT2D eigenvalue weighted by atomic mass is 10.2. The van der Waals surface area contributed by atoms with Crippen LogP contribution in [-0.2, 0) is 16.0 Å². The first-order valence-electron chi connectivity index (χ1n) is 8.78. The topological polar surface area (TPSA) is 84.7 Å². The molecule has 2 aromatic heterocycles. The van der Waals surface area contributed by atoms with Crippen LogP contribution in [0.3, 0.4) is 0 Å². The van der Waals surface area contributed by atoms with Crippen LogP contribution in [0.5, 0.6) is 0 Å². The number of halogens is 1. The maximum Gasteiger partial charge on any atom is 0.224 e. The van der Waals surface area contributed by atoms with Gasteiger partial charge in [-0.25, -0.2) is 4.39 Å². The fourth-order valence-corrected chi connectivity index (χ4v) is 2.92. The van der Waals surface area contributed by atoms with Gasteiger partial charge in [0.05, 0.1) is 13.2 Å². The van der Waals surface area contributed by atoms with E-state index in [4.69, 9.17) is 4.74 Å². The van der Waals surface area contributed by atoms with Crippen LogP contribution in [0, 0.1) is 5.82 Å². The number of anilines is 2. The van der Waals surface area contributed by atoms with Crippen LogP contribution in [0.25, 0.3) is 5.65 Å². The van der Waals surface area contributed by atoms with Gasteiger partial charge in [-0.3, -0.25) is 4.79 Å². The van der Waals surface area contributed by atoms with Gasteiger partial charge in [0, 0.05) is 31.6 Å². The first-order chi connectivity index (χ1) is 13.2. The van der Waals surface area contributed by atoms with Crippen molar-refractivity contribution in [3.05, 3.63) is 48.0 Å². The van der Waals surface area contributed by atoms with Crippen LogP contribution in [-0.4, -0.2) is 52.0 Å². The highest BCUT2D eigenvalue weighted by Gasteiger charge is 2.15. The maximum absolute atomic E-state index is 12.9. The van der Waals surface area contributed by atoms with Crippen molar-refractivity contribution in [1.82, 2.24) is 19.8 Å². The molecule has 9 heteroatoms. The third-order valence-electron chi connectivity index (χ3n) is 4.35. The van der Waals surface area contributed by atoms with Gasteiger partial charge < -0.3 is 15.0 Å². The second-order valence-electron chi connectivity index (χ2n) is 6.23. The Morgan fingerprint density at radius 1 is 1.11 bits per heavy atom. The molecule has 1 aliphatic rings. The number of nitrogens with zero attached hydrogens (tertiary/aromatic N) is 5. The van der Waals surface area contributed by atoms with Gasteiger partial charge in [0.2, 0.25) is 5.91 Å². The Balaban J connectivity index is 1.43. The van der Waals surface area contributed by atoms with Crippen LogP contribution >= 0.6 is 0 Å². The minimum absolute atomic E-state index is 0.178. The summed E-state index contributed by atoms with van der Waals surface area (Å²) in [6.45, 7) is 2.93. The molecular formula is C18H19FN6O2. The molecular weight excluding hydrogens is 351 g/mol. The molecule has 1 fully saturated rings. The van der Waals surface area contributed by atoms with Gasteiger partial charge in [-0.2, -0.15) is 4.52 Å². The van der Waals surface area contributed by atoms with Gasteiger partial charge in [0.15, 0.2) is 11.5 Å². The van der Waals surface area contributed by atoms with Crippen molar-refractivity contribution in [1.29, 1.82) is 0 Å². The van der Waals surface area contributed by atoms with Crippen LogP contribution < -0.4 is 10.2 Å². The Morgan fingerprint density at radius 3 is 2.67 bits per heavy atom. The van der Waals surface area contributed by atoms with E-state index in [2.05, 4.69) is 25.5 Å². The van der Waals surface area contributed by atoms with E-state index in [0.717, 1.165) is 18.9 Å². The van der Waals surface area contributed by atoms with E-state index in [1.165, 1.54) is 24.3 Å². The predicted molar refractivity (Wildman–Crippen MR) is 97.2 cm³/mol. The highest BCUT2D eigenvalue weighted by Crippen LogP contribution is 2.15. The van der Waals surface area contributed by atoms with Crippen molar-refractivity contribution in [2.45, 2.75) is 12.8 Å². The van der Waals surface area contributed by atoms with E-state index >= 15 is 0 Å². The smallest absolute Gasteiger partial charge is 0.224 e. The Labute approximate surface area is 155 Å². The largest absolute Gasteiger partial charge is 0.378 e. The number of carbonyl (C=O) groups excluding carboxylic acids is 1. The van der Waals surface area contributed by atoms with Crippen LogP contribution in [0.4, 0.5) is 15.9 Å². The van der Waals surface area contributed by atoms with Crippen LogP contribution in [0.15, 0.2) is 36.4 Å². The highest BCUT2D eigenvalue weighted by atomic mass is 19.1. The molecule has 1 aromatic carbocycles. The Morgan fingerprint density at radius 2 is 1.89 bits per heavy atom. The fraction of sp³-hybridized carbons (Fsp3) is 0.333. The number of hydrogen-bond acceptors (Lipinski definition) is 6. The highest BCUT2D eigenvalue weighted by molar-refractivity contribution is 5.90. The molecule has 4 rings (SSSR count). The molecule has 3 heterocycles. The Bertz CT molecular complexity index is 937. The third kappa shape index (κ3) is 4.03. The summed E-state index contributed by atoms with van der Waals surface area (Å²) in [4.78, 5) is 14.3. The van der Waals surface area contributed by atoms with Gasteiger partial charge in [0.25, 0.3) is 0 Å². The number of nitrogens with one attached hydrogen (secondary N) is 1. The fourth-order valence-electron chi connectivity index (χ4n) is 2.92. The average molecular weight is 370 g/mol. The van der Waals surface area contributed by atoms with Gasteiger partial charge in [-0.15, -0.1) is 15.3 Å². The molecule has 0 saturated carbocycles. The molecule has 27 heavy (non-hydrogen) atoms. The number of benzene rings is 1. The number of carbonyl (C=O) groups is 1. The zero-order chi connectivity index (χ0) is 18.6. The summed E-state index contributed by atoms with van der Waals surface area (Å²) >= 11 is 0. The monoisotopic (exact) mass is 370 g/mol. The van der Waals surface area contributed by atoms with Crippen molar-refractivity contribution in [2.24, 2.45) is 0 Å². The average Bonchev–Trinajstić information content (AvgIpc) is 3.11. The number of fused-ring (bicyclic) bond motifs is 1. The SMILES string of the molecule is O=C(CCc1nnc2ccc(N3CCOCC3)nn12)Nc1ccc(F)cc1. The van der Waals surface area contributed by atoms with Gasteiger partial charge in [0.1, 0.15) is 11.6 Å². The lowest BCUT2D eigenvalue weighted by Gasteiger charge is -2.27. The molecule has 0 spiro atoms. The summed E-state index contributed by atoms with van der Waals surface area (Å²) in [5, 5.41) is 15.6. The van der Waals surface area contributed by atoms with Crippen LogP contribution in [0.1, 0.15) is 12.2 Å². The summed E-state index contributed by atoms with van der Waals surface area (Å²) in [7, 11) is 0. The Kier molecular flexibility index (Phi) is 4.93. The summed E-state index contributed by atoms with van der Waals surface area (Å²) in [6, 6.07) is 9.44. The van der Waals surface area contributed by atoms with E-state index in [9.17, 15) is 9.18 Å². The molecule has 0 aliphatic carbocycles. The number of ether oxygens (including phenoxy) is 1. The number of rotatable bonds is 5. The van der Waals surface area contributed by atoms with E-state index in [1.807, 2.05) is 12.1 Å². The number of amides is 1. The lowest BCUT2D eigenvalue weighted by molar-refractivity contribution is -0.116. The van der Waals surface area contributed by atoms with Gasteiger partial charge in [-0.1, -0.05) is 0 Å². The van der Waals surface area contributed by atoms with Crippen molar-refractivity contribution < 1.29 is 13.9 Å². The lowest BCUT2D eigenvalue weighted by Crippen LogP contribution is -2.37. The van der Waals surface area contributed by atoms with Gasteiger partial charge >= 0.3 is 0 Å². The summed E-state index contributed by atoms with van der Waals surface area (Å²) in [6.07, 6.45) is 0.620. The molecule has 140 valence electrons. The number of aromatic nitrogens is 4. The van der Waals surface area contributed by atoms with E-state index in [1.54, 1.807) is 4.52 Å². The maximum atomic E-state index is 12.9. The summed E-state index contributed by atoms with van der Waals surface area (Å²) < 4.78 is 20.0. The minimum Gasteiger partial charge on any atom is -0.378 e. The molecule has 3 aromatic rings. The molecule has 1 aliphatic heterocycles. The number of hydrogen-bond donors (Lipinski definition) is 1. The quantitative estimate of drug-likeness (QED) is 0.736.